The zero-order chi connectivity index (χ0) is 21.4. The topological polar surface area (TPSA) is 89.0 Å². The lowest BCUT2D eigenvalue weighted by molar-refractivity contribution is -0.153. The first-order chi connectivity index (χ1) is 14.5. The number of amides is 1. The summed E-state index contributed by atoms with van der Waals surface area (Å²) in [5.74, 6) is -1.03. The molecule has 7 nitrogen and oxygen atoms in total. The normalized spacial score (nSPS) is 19.6. The van der Waals surface area contributed by atoms with Crippen molar-refractivity contribution in [1.29, 1.82) is 0 Å². The molecule has 3 rings (SSSR count). The van der Waals surface area contributed by atoms with E-state index in [0.29, 0.717) is 30.5 Å². The van der Waals surface area contributed by atoms with Crippen LogP contribution >= 0.6 is 15.9 Å². The van der Waals surface area contributed by atoms with Gasteiger partial charge in [-0.3, -0.25) is 0 Å². The van der Waals surface area contributed by atoms with Gasteiger partial charge >= 0.3 is 12.1 Å². The Morgan fingerprint density at radius 2 is 1.90 bits per heavy atom. The van der Waals surface area contributed by atoms with Crippen molar-refractivity contribution in [3.63, 3.8) is 0 Å². The van der Waals surface area contributed by atoms with E-state index in [0.717, 1.165) is 24.0 Å². The fourth-order valence-corrected chi connectivity index (χ4v) is 3.85. The van der Waals surface area contributed by atoms with Gasteiger partial charge in [0, 0.05) is 24.8 Å². The third-order valence-electron chi connectivity index (χ3n) is 5.23. The maximum atomic E-state index is 12.6. The van der Waals surface area contributed by atoms with Crippen LogP contribution in [0.4, 0.5) is 4.79 Å². The zero-order valence-corrected chi connectivity index (χ0v) is 18.2. The van der Waals surface area contributed by atoms with Gasteiger partial charge in [0.1, 0.15) is 17.8 Å². The number of ether oxygens (including phenoxy) is 2. The van der Waals surface area contributed by atoms with Crippen LogP contribution in [0, 0.1) is 0 Å². The fourth-order valence-electron chi connectivity index (χ4n) is 3.62. The highest BCUT2D eigenvalue weighted by Gasteiger charge is 2.36. The van der Waals surface area contributed by atoms with Gasteiger partial charge in [0.15, 0.2) is 0 Å². The van der Waals surface area contributed by atoms with Crippen LogP contribution in [0.2, 0.25) is 0 Å². The average Bonchev–Trinajstić information content (AvgIpc) is 2.73. The predicted molar refractivity (Wildman–Crippen MR) is 114 cm³/mol. The Morgan fingerprint density at radius 1 is 1.10 bits per heavy atom. The van der Waals surface area contributed by atoms with Crippen molar-refractivity contribution in [2.24, 2.45) is 0 Å². The highest BCUT2D eigenvalue weighted by molar-refractivity contribution is 9.10. The number of carbonyl (C=O) groups excluding carboxylic acids is 1. The van der Waals surface area contributed by atoms with Crippen LogP contribution in [0.3, 0.4) is 0 Å². The molecule has 1 N–H and O–H groups in total. The third kappa shape index (κ3) is 6.03. The van der Waals surface area contributed by atoms with Crippen LogP contribution in [0.15, 0.2) is 53.3 Å². The summed E-state index contributed by atoms with van der Waals surface area (Å²) in [7, 11) is 0. The lowest BCUT2D eigenvalue weighted by Gasteiger charge is -2.38. The summed E-state index contributed by atoms with van der Waals surface area (Å²) < 4.78 is 12.1. The van der Waals surface area contributed by atoms with Crippen molar-refractivity contribution in [1.82, 2.24) is 9.88 Å². The van der Waals surface area contributed by atoms with Gasteiger partial charge in [0.2, 0.25) is 0 Å². The molecule has 0 saturated carbocycles. The minimum atomic E-state index is -1.03. The number of hydrogen-bond donors (Lipinski definition) is 1. The van der Waals surface area contributed by atoms with Gasteiger partial charge in [-0.1, -0.05) is 36.4 Å². The van der Waals surface area contributed by atoms with E-state index in [9.17, 15) is 9.59 Å². The van der Waals surface area contributed by atoms with Gasteiger partial charge in [-0.25, -0.2) is 14.6 Å². The van der Waals surface area contributed by atoms with E-state index in [4.69, 9.17) is 14.6 Å². The van der Waals surface area contributed by atoms with Gasteiger partial charge < -0.3 is 19.5 Å². The van der Waals surface area contributed by atoms with E-state index >= 15 is 0 Å². The predicted octanol–water partition coefficient (Wildman–Crippen LogP) is 4.35. The molecule has 1 amide bonds. The van der Waals surface area contributed by atoms with E-state index in [1.807, 2.05) is 42.5 Å². The summed E-state index contributed by atoms with van der Waals surface area (Å²) in [5.41, 5.74) is 0.925. The van der Waals surface area contributed by atoms with Crippen molar-refractivity contribution in [2.75, 3.05) is 19.7 Å². The molecule has 1 atom stereocenters. The lowest BCUT2D eigenvalue weighted by atomic mass is 9.84. The molecule has 0 bridgehead atoms. The number of halogens is 1. The molecule has 1 aromatic carbocycles. The number of nitrogens with zero attached hydrogens (tertiary/aromatic N) is 2. The Balaban J connectivity index is 1.71. The first-order valence-electron chi connectivity index (χ1n) is 9.92. The van der Waals surface area contributed by atoms with Gasteiger partial charge in [-0.2, -0.15) is 0 Å². The van der Waals surface area contributed by atoms with Crippen molar-refractivity contribution in [3.8, 4) is 0 Å². The van der Waals surface area contributed by atoms with Crippen LogP contribution in [0.5, 0.6) is 0 Å². The number of aromatic nitrogens is 1. The van der Waals surface area contributed by atoms with Crippen LogP contribution < -0.4 is 0 Å². The number of carboxylic acids is 1. The average molecular weight is 477 g/mol. The maximum absolute atomic E-state index is 12.6. The number of rotatable bonds is 6. The molecule has 160 valence electrons. The second kappa shape index (κ2) is 10.5. The Hall–Kier alpha value is -2.45. The summed E-state index contributed by atoms with van der Waals surface area (Å²) in [4.78, 5) is 29.8. The summed E-state index contributed by atoms with van der Waals surface area (Å²) in [5, 5.41) is 9.16. The number of hydrogen-bond acceptors (Lipinski definition) is 5. The molecule has 1 fully saturated rings. The number of aliphatic carboxylic acids is 1. The highest BCUT2D eigenvalue weighted by atomic mass is 79.9. The largest absolute Gasteiger partial charge is 0.480 e. The highest BCUT2D eigenvalue weighted by Crippen LogP contribution is 2.37. The molecule has 0 spiro atoms. The Morgan fingerprint density at radius 3 is 2.60 bits per heavy atom. The minimum absolute atomic E-state index is 0.216. The van der Waals surface area contributed by atoms with Gasteiger partial charge in [0.05, 0.1) is 5.60 Å². The molecule has 2 aromatic rings. The molecular weight excluding hydrogens is 452 g/mol. The van der Waals surface area contributed by atoms with Crippen molar-refractivity contribution < 1.29 is 24.2 Å². The van der Waals surface area contributed by atoms with Crippen LogP contribution in [0.1, 0.15) is 36.8 Å². The second-order valence-electron chi connectivity index (χ2n) is 7.28. The molecule has 1 saturated heterocycles. The third-order valence-corrected chi connectivity index (χ3v) is 5.70. The molecule has 8 heteroatoms. The van der Waals surface area contributed by atoms with E-state index in [-0.39, 0.29) is 12.7 Å². The monoisotopic (exact) mass is 476 g/mol. The quantitative estimate of drug-likeness (QED) is 0.623. The molecule has 2 heterocycles. The molecule has 1 aliphatic heterocycles. The lowest BCUT2D eigenvalue weighted by Crippen LogP contribution is -2.42. The summed E-state index contributed by atoms with van der Waals surface area (Å²) >= 11 is 3.33. The molecular formula is C22H25BrN2O5. The Bertz CT molecular complexity index is 846. The number of benzene rings is 1. The molecule has 1 aromatic heterocycles. The summed E-state index contributed by atoms with van der Waals surface area (Å²) in [6.45, 7) is 0.812. The fraction of sp³-hybridized carbons (Fsp3) is 0.409. The van der Waals surface area contributed by atoms with Crippen LogP contribution in [0.25, 0.3) is 0 Å². The van der Waals surface area contributed by atoms with E-state index < -0.39 is 18.2 Å². The van der Waals surface area contributed by atoms with E-state index in [1.165, 1.54) is 0 Å². The zero-order valence-electron chi connectivity index (χ0n) is 16.6. The smallest absolute Gasteiger partial charge is 0.410 e. The molecule has 0 aliphatic carbocycles. The number of pyridine rings is 1. The van der Waals surface area contributed by atoms with Crippen molar-refractivity contribution in [2.45, 2.75) is 37.9 Å². The SMILES string of the molecule is O=C(O)COC1(c2ccc(Br)nc2)CCCCN(C(=O)OCc2ccccc2)CC1. The minimum Gasteiger partial charge on any atom is -0.480 e. The maximum Gasteiger partial charge on any atom is 0.410 e. The first kappa shape index (κ1) is 22.2. The molecule has 30 heavy (non-hydrogen) atoms. The number of carboxylic acid groups (broad SMARTS) is 1. The first-order valence-corrected chi connectivity index (χ1v) is 10.7. The Kier molecular flexibility index (Phi) is 7.81. The van der Waals surface area contributed by atoms with Crippen molar-refractivity contribution >= 4 is 28.0 Å². The Labute approximate surface area is 184 Å². The van der Waals surface area contributed by atoms with Gasteiger partial charge in [-0.15, -0.1) is 0 Å². The molecule has 0 radical (unpaired) electrons. The van der Waals surface area contributed by atoms with Crippen LogP contribution in [-0.2, 0) is 26.5 Å². The number of carbonyl (C=O) groups is 2. The standard InChI is InChI=1S/C22H25BrN2O5/c23-19-9-8-18(14-24-19)22(30-16-20(26)27)10-4-5-12-25(13-11-22)21(28)29-15-17-6-2-1-3-7-17/h1-3,6-9,14H,4-5,10-13,15-16H2,(H,26,27). The number of likely N-dealkylation sites (tertiary alicyclic amines) is 1. The van der Waals surface area contributed by atoms with Gasteiger partial charge in [0.25, 0.3) is 0 Å². The second-order valence-corrected chi connectivity index (χ2v) is 8.09. The molecule has 1 unspecified atom stereocenters. The van der Waals surface area contributed by atoms with E-state index in [1.54, 1.807) is 11.1 Å². The van der Waals surface area contributed by atoms with Gasteiger partial charge in [-0.05, 0) is 53.2 Å². The van der Waals surface area contributed by atoms with Crippen LogP contribution in [-0.4, -0.2) is 46.7 Å². The summed E-state index contributed by atoms with van der Waals surface area (Å²) in [6.07, 6.45) is 4.02. The van der Waals surface area contributed by atoms with Crippen molar-refractivity contribution in [3.05, 3.63) is 64.4 Å². The molecule has 1 aliphatic rings. The van der Waals surface area contributed by atoms with E-state index in [2.05, 4.69) is 20.9 Å². The summed E-state index contributed by atoms with van der Waals surface area (Å²) in [6, 6.07) is 13.2.